The van der Waals surface area contributed by atoms with Crippen LogP contribution in [0.5, 0.6) is 5.75 Å². The van der Waals surface area contributed by atoms with Gasteiger partial charge in [-0.05, 0) is 47.1 Å². The van der Waals surface area contributed by atoms with Crippen molar-refractivity contribution in [1.29, 1.82) is 0 Å². The number of benzene rings is 1. The van der Waals surface area contributed by atoms with Crippen LogP contribution in [0.25, 0.3) is 0 Å². The molecule has 0 radical (unpaired) electrons. The lowest BCUT2D eigenvalue weighted by Gasteiger charge is -2.06. The molecular weight excluding hydrogens is 346 g/mol. The molecule has 0 saturated carbocycles. The van der Waals surface area contributed by atoms with Crippen LogP contribution in [0.2, 0.25) is 4.34 Å². The summed E-state index contributed by atoms with van der Waals surface area (Å²) in [5, 5.41) is 3.38. The Hall–Kier alpha value is -0.550. The van der Waals surface area contributed by atoms with Gasteiger partial charge in [0.25, 0.3) is 0 Å². The molecule has 0 amide bonds. The maximum atomic E-state index is 5.98. The molecule has 0 unspecified atom stereocenters. The molecule has 0 aliphatic rings. The Balaban J connectivity index is 1.57. The minimum absolute atomic E-state index is 0.728. The second-order valence-electron chi connectivity index (χ2n) is 4.03. The van der Waals surface area contributed by atoms with Crippen molar-refractivity contribution in [2.45, 2.75) is 13.0 Å². The maximum absolute atomic E-state index is 5.98. The highest BCUT2D eigenvalue weighted by atomic mass is 79.9. The Kier molecular flexibility index (Phi) is 6.17. The van der Waals surface area contributed by atoms with E-state index in [0.29, 0.717) is 0 Å². The van der Waals surface area contributed by atoms with E-state index in [4.69, 9.17) is 16.3 Å². The van der Waals surface area contributed by atoms with Gasteiger partial charge >= 0.3 is 0 Å². The third kappa shape index (κ3) is 5.15. The van der Waals surface area contributed by atoms with Gasteiger partial charge < -0.3 is 10.1 Å². The first-order valence-electron chi connectivity index (χ1n) is 6.08. The van der Waals surface area contributed by atoms with E-state index >= 15 is 0 Å². The highest BCUT2D eigenvalue weighted by Crippen LogP contribution is 2.31. The third-order valence-electron chi connectivity index (χ3n) is 2.51. The van der Waals surface area contributed by atoms with Gasteiger partial charge in [0, 0.05) is 15.9 Å². The lowest BCUT2D eigenvalue weighted by Crippen LogP contribution is -2.16. The van der Waals surface area contributed by atoms with E-state index in [1.807, 2.05) is 30.3 Å². The molecule has 1 aromatic heterocycles. The zero-order valence-corrected chi connectivity index (χ0v) is 13.5. The standard InChI is InChI=1S/C14H15BrClNOS/c15-13-9-12(19-14(13)16)10-17-7-4-8-18-11-5-2-1-3-6-11/h1-3,5-6,9,17H,4,7-8,10H2. The van der Waals surface area contributed by atoms with E-state index in [0.717, 1.165) is 40.7 Å². The molecule has 0 saturated heterocycles. The fourth-order valence-electron chi connectivity index (χ4n) is 1.59. The molecular formula is C14H15BrClNOS. The third-order valence-corrected chi connectivity index (χ3v) is 4.98. The second-order valence-corrected chi connectivity index (χ2v) is 6.62. The quantitative estimate of drug-likeness (QED) is 0.721. The van der Waals surface area contributed by atoms with Crippen molar-refractivity contribution < 1.29 is 4.74 Å². The molecule has 1 N–H and O–H groups in total. The largest absolute Gasteiger partial charge is 0.494 e. The number of halogens is 2. The normalized spacial score (nSPS) is 10.6. The predicted molar refractivity (Wildman–Crippen MR) is 85.3 cm³/mol. The summed E-state index contributed by atoms with van der Waals surface area (Å²) in [6.07, 6.45) is 0.981. The number of hydrogen-bond donors (Lipinski definition) is 1. The molecule has 0 aliphatic carbocycles. The van der Waals surface area contributed by atoms with E-state index in [9.17, 15) is 0 Å². The average molecular weight is 361 g/mol. The highest BCUT2D eigenvalue weighted by Gasteiger charge is 2.03. The summed E-state index contributed by atoms with van der Waals surface area (Å²) in [4.78, 5) is 1.24. The van der Waals surface area contributed by atoms with Crippen LogP contribution in [0.1, 0.15) is 11.3 Å². The van der Waals surface area contributed by atoms with E-state index in [-0.39, 0.29) is 0 Å². The predicted octanol–water partition coefficient (Wildman–Crippen LogP) is 4.72. The monoisotopic (exact) mass is 359 g/mol. The molecule has 2 nitrogen and oxygen atoms in total. The van der Waals surface area contributed by atoms with Crippen molar-refractivity contribution in [2.75, 3.05) is 13.2 Å². The molecule has 102 valence electrons. The van der Waals surface area contributed by atoms with Crippen molar-refractivity contribution in [3.8, 4) is 5.75 Å². The maximum Gasteiger partial charge on any atom is 0.119 e. The number of hydrogen-bond acceptors (Lipinski definition) is 3. The molecule has 19 heavy (non-hydrogen) atoms. The fraction of sp³-hybridized carbons (Fsp3) is 0.286. The summed E-state index contributed by atoms with van der Waals surface area (Å²) in [6, 6.07) is 11.9. The first-order valence-corrected chi connectivity index (χ1v) is 8.07. The number of rotatable bonds is 7. The van der Waals surface area contributed by atoms with Crippen molar-refractivity contribution in [3.63, 3.8) is 0 Å². The SMILES string of the molecule is Clc1sc(CNCCCOc2ccccc2)cc1Br. The van der Waals surface area contributed by atoms with Crippen LogP contribution in [0, 0.1) is 0 Å². The zero-order chi connectivity index (χ0) is 13.5. The van der Waals surface area contributed by atoms with Crippen LogP contribution in [-0.2, 0) is 6.54 Å². The van der Waals surface area contributed by atoms with Crippen molar-refractivity contribution in [2.24, 2.45) is 0 Å². The molecule has 0 atom stereocenters. The topological polar surface area (TPSA) is 21.3 Å². The Bertz CT molecular complexity index is 484. The van der Waals surface area contributed by atoms with Gasteiger partial charge in [0.2, 0.25) is 0 Å². The van der Waals surface area contributed by atoms with Crippen molar-refractivity contribution >= 4 is 38.9 Å². The Morgan fingerprint density at radius 2 is 2.05 bits per heavy atom. The van der Waals surface area contributed by atoms with Crippen LogP contribution in [0.4, 0.5) is 0 Å². The second kappa shape index (κ2) is 7.90. The van der Waals surface area contributed by atoms with Gasteiger partial charge in [0.05, 0.1) is 6.61 Å². The van der Waals surface area contributed by atoms with Crippen LogP contribution in [0.3, 0.4) is 0 Å². The molecule has 0 aliphatic heterocycles. The summed E-state index contributed by atoms with van der Waals surface area (Å²) in [5.74, 6) is 0.927. The smallest absolute Gasteiger partial charge is 0.119 e. The van der Waals surface area contributed by atoms with E-state index < -0.39 is 0 Å². The summed E-state index contributed by atoms with van der Waals surface area (Å²) >= 11 is 11.0. The molecule has 2 rings (SSSR count). The first-order chi connectivity index (χ1) is 9.25. The summed E-state index contributed by atoms with van der Waals surface area (Å²) in [7, 11) is 0. The number of para-hydroxylation sites is 1. The Morgan fingerprint density at radius 1 is 1.26 bits per heavy atom. The number of ether oxygens (including phenoxy) is 1. The molecule has 0 fully saturated rings. The van der Waals surface area contributed by atoms with Crippen LogP contribution < -0.4 is 10.1 Å². The van der Waals surface area contributed by atoms with Crippen LogP contribution >= 0.6 is 38.9 Å². The van der Waals surface area contributed by atoms with E-state index in [1.54, 1.807) is 11.3 Å². The zero-order valence-electron chi connectivity index (χ0n) is 10.4. The van der Waals surface area contributed by atoms with Gasteiger partial charge in [0.1, 0.15) is 10.1 Å². The fourth-order valence-corrected chi connectivity index (χ4v) is 3.35. The van der Waals surface area contributed by atoms with Gasteiger partial charge in [-0.1, -0.05) is 29.8 Å². The highest BCUT2D eigenvalue weighted by molar-refractivity contribution is 9.10. The summed E-state index contributed by atoms with van der Waals surface area (Å²) < 4.78 is 7.40. The minimum Gasteiger partial charge on any atom is -0.494 e. The number of nitrogens with one attached hydrogen (secondary N) is 1. The molecule has 1 aromatic carbocycles. The van der Waals surface area contributed by atoms with E-state index in [1.165, 1.54) is 4.88 Å². The lowest BCUT2D eigenvalue weighted by atomic mass is 10.3. The number of thiophene rings is 1. The molecule has 1 heterocycles. The van der Waals surface area contributed by atoms with Gasteiger partial charge in [-0.15, -0.1) is 11.3 Å². The molecule has 5 heteroatoms. The van der Waals surface area contributed by atoms with Crippen LogP contribution in [0.15, 0.2) is 40.9 Å². The van der Waals surface area contributed by atoms with Gasteiger partial charge in [0.15, 0.2) is 0 Å². The lowest BCUT2D eigenvalue weighted by molar-refractivity contribution is 0.308. The van der Waals surface area contributed by atoms with Gasteiger partial charge in [-0.3, -0.25) is 0 Å². The van der Waals surface area contributed by atoms with E-state index in [2.05, 4.69) is 27.3 Å². The van der Waals surface area contributed by atoms with Crippen molar-refractivity contribution in [3.05, 3.63) is 50.1 Å². The average Bonchev–Trinajstić information content (AvgIpc) is 2.74. The van der Waals surface area contributed by atoms with Gasteiger partial charge in [-0.2, -0.15) is 0 Å². The molecule has 2 aromatic rings. The van der Waals surface area contributed by atoms with Crippen molar-refractivity contribution in [1.82, 2.24) is 5.32 Å². The summed E-state index contributed by atoms with van der Waals surface area (Å²) in [5.41, 5.74) is 0. The Labute approximate surface area is 130 Å². The molecule has 0 bridgehead atoms. The van der Waals surface area contributed by atoms with Gasteiger partial charge in [-0.25, -0.2) is 0 Å². The van der Waals surface area contributed by atoms with Crippen LogP contribution in [-0.4, -0.2) is 13.2 Å². The first kappa shape index (κ1) is 14.9. The Morgan fingerprint density at radius 3 is 2.74 bits per heavy atom. The summed E-state index contributed by atoms with van der Waals surface area (Å²) in [6.45, 7) is 2.51. The molecule has 0 spiro atoms. The minimum atomic E-state index is 0.728.